The van der Waals surface area contributed by atoms with E-state index in [2.05, 4.69) is 39.7 Å². The molecule has 0 aliphatic heterocycles. The highest BCUT2D eigenvalue weighted by Crippen LogP contribution is 2.16. The molecular formula is C8H19BBr2S. The molecule has 0 aliphatic rings. The molecule has 0 bridgehead atoms. The summed E-state index contributed by atoms with van der Waals surface area (Å²) in [5.74, 6) is 0. The van der Waals surface area contributed by atoms with Crippen molar-refractivity contribution in [2.75, 3.05) is 12.5 Å². The Kier molecular flexibility index (Phi) is 19.6. The predicted molar refractivity (Wildman–Crippen MR) is 72.9 cm³/mol. The molecule has 0 fully saturated rings. The summed E-state index contributed by atoms with van der Waals surface area (Å²) in [6.07, 6.45) is 10.8. The van der Waals surface area contributed by atoms with Crippen molar-refractivity contribution in [3.8, 4) is 0 Å². The maximum atomic E-state index is 3.44. The van der Waals surface area contributed by atoms with E-state index in [4.69, 9.17) is 0 Å². The zero-order valence-electron chi connectivity index (χ0n) is 8.28. The molecule has 0 amide bonds. The lowest BCUT2D eigenvalue weighted by Crippen LogP contribution is -1.84. The highest BCUT2D eigenvalue weighted by molar-refractivity contribution is 9.24. The second-order valence-corrected chi connectivity index (χ2v) is 6.90. The van der Waals surface area contributed by atoms with Gasteiger partial charge in [0.05, 0.1) is 3.74 Å². The summed E-state index contributed by atoms with van der Waals surface area (Å²) in [5, 5.41) is 0. The van der Waals surface area contributed by atoms with Crippen LogP contribution in [0, 0.1) is 0 Å². The van der Waals surface area contributed by atoms with Gasteiger partial charge >= 0.3 is 0 Å². The molecule has 74 valence electrons. The van der Waals surface area contributed by atoms with Crippen molar-refractivity contribution in [1.29, 1.82) is 0 Å². The first-order valence-corrected chi connectivity index (χ1v) is 7.83. The zero-order chi connectivity index (χ0) is 9.82. The number of halogens is 2. The molecule has 4 heteroatoms. The fourth-order valence-corrected chi connectivity index (χ4v) is 1.37. The molecule has 0 heterocycles. The summed E-state index contributed by atoms with van der Waals surface area (Å²) in [7, 11) is 2.24. The molecule has 0 unspecified atom stereocenters. The second-order valence-electron chi connectivity index (χ2n) is 2.65. The van der Waals surface area contributed by atoms with Gasteiger partial charge in [0.1, 0.15) is 7.85 Å². The maximum absolute atomic E-state index is 3.44. The monoisotopic (exact) mass is 316 g/mol. The highest BCUT2D eigenvalue weighted by atomic mass is 79.9. The van der Waals surface area contributed by atoms with Crippen LogP contribution in [0.5, 0.6) is 0 Å². The van der Waals surface area contributed by atoms with Gasteiger partial charge in [-0.1, -0.05) is 57.4 Å². The lowest BCUT2D eigenvalue weighted by atomic mass is 9.99. The van der Waals surface area contributed by atoms with Gasteiger partial charge in [-0.25, -0.2) is 0 Å². The topological polar surface area (TPSA) is 0 Å². The molecule has 0 aromatic heterocycles. The maximum Gasteiger partial charge on any atom is 0.101 e. The van der Waals surface area contributed by atoms with Crippen LogP contribution in [0.1, 0.15) is 25.7 Å². The van der Waals surface area contributed by atoms with E-state index in [1.807, 2.05) is 12.5 Å². The van der Waals surface area contributed by atoms with Crippen molar-refractivity contribution in [2.45, 2.75) is 35.7 Å². The average Bonchev–Trinajstić information content (AvgIpc) is 1.99. The van der Waals surface area contributed by atoms with Crippen molar-refractivity contribution in [2.24, 2.45) is 0 Å². The number of hydrogen-bond acceptors (Lipinski definition) is 1. The normalized spacial score (nSPS) is 9.42. The molecule has 0 aromatic carbocycles. The molecule has 0 saturated carbocycles. The highest BCUT2D eigenvalue weighted by Gasteiger charge is 1.95. The third-order valence-electron chi connectivity index (χ3n) is 1.28. The van der Waals surface area contributed by atoms with Crippen LogP contribution < -0.4 is 0 Å². The van der Waals surface area contributed by atoms with Gasteiger partial charge < -0.3 is 0 Å². The Balaban J connectivity index is 0. The molecule has 12 heavy (non-hydrogen) atoms. The Morgan fingerprint density at radius 1 is 1.17 bits per heavy atom. The van der Waals surface area contributed by atoms with E-state index >= 15 is 0 Å². The van der Waals surface area contributed by atoms with Crippen LogP contribution in [0.2, 0.25) is 6.32 Å². The molecule has 0 N–H and O–H groups in total. The molecule has 0 radical (unpaired) electrons. The Morgan fingerprint density at radius 3 is 2.00 bits per heavy atom. The molecule has 0 spiro atoms. The summed E-state index contributed by atoms with van der Waals surface area (Å²) in [6.45, 7) is 0. The van der Waals surface area contributed by atoms with Gasteiger partial charge in [0.25, 0.3) is 0 Å². The SMILES string of the molecule is BCCCCCC(Br)Br.CSC. The average molecular weight is 318 g/mol. The summed E-state index contributed by atoms with van der Waals surface area (Å²) < 4.78 is 0.529. The minimum Gasteiger partial charge on any atom is -0.169 e. The summed E-state index contributed by atoms with van der Waals surface area (Å²) in [5.41, 5.74) is 0. The Bertz CT molecular complexity index is 72.1. The van der Waals surface area contributed by atoms with Gasteiger partial charge in [-0.3, -0.25) is 0 Å². The van der Waals surface area contributed by atoms with Gasteiger partial charge in [-0.05, 0) is 18.9 Å². The van der Waals surface area contributed by atoms with Crippen LogP contribution in [0.4, 0.5) is 0 Å². The standard InChI is InChI=1S/C6H13BBr2.C2H6S/c7-5-3-1-2-4-6(8)9;1-3-2/h6H,1-5,7H2;1-2H3. The van der Waals surface area contributed by atoms with E-state index in [0.29, 0.717) is 3.74 Å². The minimum absolute atomic E-state index is 0.529. The predicted octanol–water partition coefficient (Wildman–Crippen LogP) is 3.69. The first-order valence-electron chi connectivity index (χ1n) is 4.37. The van der Waals surface area contributed by atoms with Gasteiger partial charge in [-0.2, -0.15) is 11.8 Å². The van der Waals surface area contributed by atoms with Crippen molar-refractivity contribution in [3.63, 3.8) is 0 Å². The fourth-order valence-electron chi connectivity index (χ4n) is 0.725. The number of alkyl halides is 2. The fraction of sp³-hybridized carbons (Fsp3) is 1.00. The van der Waals surface area contributed by atoms with Gasteiger partial charge in [-0.15, -0.1) is 0 Å². The smallest absolute Gasteiger partial charge is 0.101 e. The van der Waals surface area contributed by atoms with Crippen LogP contribution in [0.15, 0.2) is 0 Å². The van der Waals surface area contributed by atoms with E-state index in [9.17, 15) is 0 Å². The van der Waals surface area contributed by atoms with Crippen LogP contribution in [-0.2, 0) is 0 Å². The Hall–Kier alpha value is 1.37. The quantitative estimate of drug-likeness (QED) is 0.423. The third kappa shape index (κ3) is 22.5. The van der Waals surface area contributed by atoms with E-state index in [-0.39, 0.29) is 0 Å². The van der Waals surface area contributed by atoms with Crippen LogP contribution in [0.3, 0.4) is 0 Å². The minimum atomic E-state index is 0.529. The number of thioether (sulfide) groups is 1. The molecule has 0 aliphatic carbocycles. The van der Waals surface area contributed by atoms with Crippen LogP contribution >= 0.6 is 43.6 Å². The van der Waals surface area contributed by atoms with Crippen molar-refractivity contribution < 1.29 is 0 Å². The molecule has 0 nitrogen and oxygen atoms in total. The van der Waals surface area contributed by atoms with Gasteiger partial charge in [0, 0.05) is 0 Å². The van der Waals surface area contributed by atoms with Crippen molar-refractivity contribution >= 4 is 51.5 Å². The molecule has 0 atom stereocenters. The van der Waals surface area contributed by atoms with Gasteiger partial charge in [0.15, 0.2) is 0 Å². The summed E-state index contributed by atoms with van der Waals surface area (Å²) in [6, 6.07) is 0. The number of unbranched alkanes of at least 4 members (excludes halogenated alkanes) is 2. The molecule has 0 saturated heterocycles. The lowest BCUT2D eigenvalue weighted by molar-refractivity contribution is 0.701. The van der Waals surface area contributed by atoms with Gasteiger partial charge in [0.2, 0.25) is 0 Å². The summed E-state index contributed by atoms with van der Waals surface area (Å²) >= 11 is 8.64. The van der Waals surface area contributed by atoms with E-state index in [1.54, 1.807) is 11.8 Å². The number of hydrogen-bond donors (Lipinski definition) is 0. The molecular weight excluding hydrogens is 299 g/mol. The van der Waals surface area contributed by atoms with E-state index in [0.717, 1.165) is 0 Å². The van der Waals surface area contributed by atoms with E-state index in [1.165, 1.54) is 32.0 Å². The first-order chi connectivity index (χ1) is 5.68. The molecule has 0 aromatic rings. The zero-order valence-corrected chi connectivity index (χ0v) is 12.3. The summed E-state index contributed by atoms with van der Waals surface area (Å²) in [4.78, 5) is 0. The molecule has 0 rings (SSSR count). The Morgan fingerprint density at radius 2 is 1.67 bits per heavy atom. The largest absolute Gasteiger partial charge is 0.169 e. The third-order valence-corrected chi connectivity index (χ3v) is 2.19. The first kappa shape index (κ1) is 15.8. The lowest BCUT2D eigenvalue weighted by Gasteiger charge is -1.98. The van der Waals surface area contributed by atoms with Crippen LogP contribution in [0.25, 0.3) is 0 Å². The number of rotatable bonds is 5. The Labute approximate surface area is 99.3 Å². The van der Waals surface area contributed by atoms with Crippen molar-refractivity contribution in [1.82, 2.24) is 0 Å². The van der Waals surface area contributed by atoms with Crippen LogP contribution in [-0.4, -0.2) is 24.1 Å². The van der Waals surface area contributed by atoms with Crippen molar-refractivity contribution in [3.05, 3.63) is 0 Å². The second kappa shape index (κ2) is 14.9. The van der Waals surface area contributed by atoms with E-state index < -0.39 is 0 Å².